The molecule has 0 saturated carbocycles. The number of hydrogen-bond donors (Lipinski definition) is 3. The molecule has 1 unspecified atom stereocenters. The van der Waals surface area contributed by atoms with Gasteiger partial charge < -0.3 is 9.57 Å². The van der Waals surface area contributed by atoms with Crippen molar-refractivity contribution in [2.24, 2.45) is 0 Å². The average Bonchev–Trinajstić information content (AvgIpc) is 3.05. The van der Waals surface area contributed by atoms with E-state index in [-0.39, 0.29) is 11.5 Å². The smallest absolute Gasteiger partial charge is 0.411 e. The van der Waals surface area contributed by atoms with E-state index in [0.29, 0.717) is 11.4 Å². The molecule has 0 bridgehead atoms. The number of anilines is 1. The van der Waals surface area contributed by atoms with Crippen molar-refractivity contribution in [3.05, 3.63) is 72.0 Å². The van der Waals surface area contributed by atoms with Crippen LogP contribution in [-0.2, 0) is 26.2 Å². The maximum absolute atomic E-state index is 12.3. The molecule has 1 amide bonds. The normalized spacial score (nSPS) is 16.3. The molecule has 0 aliphatic carbocycles. The number of nitrogens with one attached hydrogen (secondary N) is 3. The highest BCUT2D eigenvalue weighted by molar-refractivity contribution is 7.89. The van der Waals surface area contributed by atoms with E-state index < -0.39 is 22.3 Å². The van der Waals surface area contributed by atoms with E-state index in [0.717, 1.165) is 5.56 Å². The minimum absolute atomic E-state index is 0.0606. The van der Waals surface area contributed by atoms with Gasteiger partial charge in [0.1, 0.15) is 18.5 Å². The first-order chi connectivity index (χ1) is 12.9. The fourth-order valence-electron chi connectivity index (χ4n) is 2.35. The predicted molar refractivity (Wildman–Crippen MR) is 98.8 cm³/mol. The van der Waals surface area contributed by atoms with Crippen LogP contribution in [0.1, 0.15) is 12.5 Å². The lowest BCUT2D eigenvalue weighted by molar-refractivity contribution is 0.115. The fraction of sp³-hybridized carbons (Fsp3) is 0.167. The third-order valence-corrected chi connectivity index (χ3v) is 5.11. The van der Waals surface area contributed by atoms with Gasteiger partial charge in [0.05, 0.1) is 4.90 Å². The van der Waals surface area contributed by atoms with Gasteiger partial charge in [-0.3, -0.25) is 5.32 Å². The number of carbonyl (C=O) groups excluding carboxylic acids is 1. The number of allylic oxidation sites excluding steroid dienone is 1. The average molecular weight is 389 g/mol. The molecule has 1 atom stereocenters. The van der Waals surface area contributed by atoms with Crippen molar-refractivity contribution < 1.29 is 22.8 Å². The summed E-state index contributed by atoms with van der Waals surface area (Å²) in [6.07, 6.45) is 0.345. The molecule has 1 aliphatic rings. The van der Waals surface area contributed by atoms with Crippen molar-refractivity contribution in [1.29, 1.82) is 0 Å². The van der Waals surface area contributed by atoms with Gasteiger partial charge in [-0.15, -0.1) is 5.48 Å². The van der Waals surface area contributed by atoms with Gasteiger partial charge in [-0.2, -0.15) is 4.72 Å². The van der Waals surface area contributed by atoms with Gasteiger partial charge in [0.25, 0.3) is 0 Å². The molecular weight excluding hydrogens is 370 g/mol. The highest BCUT2D eigenvalue weighted by Gasteiger charge is 2.22. The standard InChI is InChI=1S/C18H19N3O5S/c1-13-11-17(20-26-13)21-27(23,24)16-9-7-15(8-10-16)19-18(22)25-12-14-5-3-2-4-6-14/h2-11,17,20-21H,12H2,1H3,(H,19,22). The number of ether oxygens (including phenoxy) is 1. The van der Waals surface area contributed by atoms with E-state index in [1.807, 2.05) is 30.3 Å². The number of hydrogen-bond acceptors (Lipinski definition) is 6. The molecule has 2 aromatic rings. The summed E-state index contributed by atoms with van der Waals surface area (Å²) < 4.78 is 32.2. The Labute approximate surface area is 157 Å². The van der Waals surface area contributed by atoms with E-state index in [1.54, 1.807) is 13.0 Å². The summed E-state index contributed by atoms with van der Waals surface area (Å²) >= 11 is 0. The molecular formula is C18H19N3O5S. The van der Waals surface area contributed by atoms with E-state index in [4.69, 9.17) is 9.57 Å². The van der Waals surface area contributed by atoms with Gasteiger partial charge in [-0.1, -0.05) is 30.3 Å². The molecule has 0 fully saturated rings. The summed E-state index contributed by atoms with van der Waals surface area (Å²) in [5, 5.41) is 2.55. The van der Waals surface area contributed by atoms with Crippen molar-refractivity contribution in [1.82, 2.24) is 10.2 Å². The van der Waals surface area contributed by atoms with Crippen molar-refractivity contribution >= 4 is 21.8 Å². The molecule has 0 spiro atoms. The minimum atomic E-state index is -3.74. The SMILES string of the molecule is CC1=CC(NS(=O)(=O)c2ccc(NC(=O)OCc3ccccc3)cc2)NO1. The number of amides is 1. The first-order valence-corrected chi connectivity index (χ1v) is 9.61. The largest absolute Gasteiger partial charge is 0.444 e. The molecule has 142 valence electrons. The van der Waals surface area contributed by atoms with Crippen LogP contribution in [0.2, 0.25) is 0 Å². The lowest BCUT2D eigenvalue weighted by Crippen LogP contribution is -2.40. The second-order valence-corrected chi connectivity index (χ2v) is 7.52. The van der Waals surface area contributed by atoms with E-state index in [9.17, 15) is 13.2 Å². The third kappa shape index (κ3) is 5.30. The minimum Gasteiger partial charge on any atom is -0.444 e. The van der Waals surface area contributed by atoms with Crippen molar-refractivity contribution in [3.63, 3.8) is 0 Å². The molecule has 2 aromatic carbocycles. The first-order valence-electron chi connectivity index (χ1n) is 8.13. The van der Waals surface area contributed by atoms with Crippen LogP contribution in [0.4, 0.5) is 10.5 Å². The fourth-order valence-corrected chi connectivity index (χ4v) is 3.43. The molecule has 0 saturated heterocycles. The Morgan fingerprint density at radius 1 is 1.15 bits per heavy atom. The lowest BCUT2D eigenvalue weighted by atomic mass is 10.2. The summed E-state index contributed by atoms with van der Waals surface area (Å²) in [7, 11) is -3.74. The molecule has 0 radical (unpaired) electrons. The maximum atomic E-state index is 12.3. The topological polar surface area (TPSA) is 106 Å². The Balaban J connectivity index is 1.55. The van der Waals surface area contributed by atoms with E-state index in [1.165, 1.54) is 24.3 Å². The van der Waals surface area contributed by atoms with Gasteiger partial charge in [-0.25, -0.2) is 13.2 Å². The highest BCUT2D eigenvalue weighted by atomic mass is 32.2. The zero-order chi connectivity index (χ0) is 19.3. The first kappa shape index (κ1) is 18.9. The van der Waals surface area contributed by atoms with Gasteiger partial charge in [0, 0.05) is 5.69 Å². The van der Waals surface area contributed by atoms with Gasteiger partial charge in [0.2, 0.25) is 10.0 Å². The van der Waals surface area contributed by atoms with Crippen LogP contribution in [0.25, 0.3) is 0 Å². The summed E-state index contributed by atoms with van der Waals surface area (Å²) in [5.74, 6) is 0.580. The van der Waals surface area contributed by atoms with Gasteiger partial charge in [0.15, 0.2) is 0 Å². The molecule has 9 heteroatoms. The number of benzene rings is 2. The second-order valence-electron chi connectivity index (χ2n) is 5.81. The van der Waals surface area contributed by atoms with Crippen LogP contribution in [0, 0.1) is 0 Å². The summed E-state index contributed by atoms with van der Waals surface area (Å²) in [5.41, 5.74) is 3.83. The van der Waals surface area contributed by atoms with Crippen LogP contribution < -0.4 is 15.5 Å². The Morgan fingerprint density at radius 3 is 2.48 bits per heavy atom. The van der Waals surface area contributed by atoms with Crippen LogP contribution in [0.3, 0.4) is 0 Å². The summed E-state index contributed by atoms with van der Waals surface area (Å²) in [6, 6.07) is 15.0. The molecule has 1 aliphatic heterocycles. The van der Waals surface area contributed by atoms with Crippen molar-refractivity contribution in [2.75, 3.05) is 5.32 Å². The summed E-state index contributed by atoms with van der Waals surface area (Å²) in [6.45, 7) is 1.85. The Hall–Kier alpha value is -2.88. The van der Waals surface area contributed by atoms with Crippen LogP contribution in [0.5, 0.6) is 0 Å². The van der Waals surface area contributed by atoms with E-state index in [2.05, 4.69) is 15.5 Å². The highest BCUT2D eigenvalue weighted by Crippen LogP contribution is 2.16. The molecule has 3 rings (SSSR count). The summed E-state index contributed by atoms with van der Waals surface area (Å²) in [4.78, 5) is 16.9. The number of carbonyl (C=O) groups is 1. The predicted octanol–water partition coefficient (Wildman–Crippen LogP) is 2.48. The molecule has 1 heterocycles. The monoisotopic (exact) mass is 389 g/mol. The number of hydroxylamine groups is 1. The Morgan fingerprint density at radius 2 is 1.85 bits per heavy atom. The van der Waals surface area contributed by atoms with Gasteiger partial charge >= 0.3 is 6.09 Å². The zero-order valence-electron chi connectivity index (χ0n) is 14.5. The van der Waals surface area contributed by atoms with Crippen LogP contribution in [-0.4, -0.2) is 20.7 Å². The maximum Gasteiger partial charge on any atom is 0.411 e. The zero-order valence-corrected chi connectivity index (χ0v) is 15.3. The molecule has 27 heavy (non-hydrogen) atoms. The third-order valence-electron chi connectivity index (χ3n) is 3.65. The number of rotatable bonds is 6. The molecule has 8 nitrogen and oxygen atoms in total. The van der Waals surface area contributed by atoms with E-state index >= 15 is 0 Å². The van der Waals surface area contributed by atoms with Crippen molar-refractivity contribution in [3.8, 4) is 0 Å². The Bertz CT molecular complexity index is 927. The quantitative estimate of drug-likeness (QED) is 0.701. The van der Waals surface area contributed by atoms with Gasteiger partial charge in [-0.05, 0) is 42.8 Å². The molecule has 3 N–H and O–H groups in total. The molecule has 0 aromatic heterocycles. The van der Waals surface area contributed by atoms with Crippen LogP contribution in [0.15, 0.2) is 71.3 Å². The lowest BCUT2D eigenvalue weighted by Gasteiger charge is -2.12. The Kier molecular flexibility index (Phi) is 5.75. The van der Waals surface area contributed by atoms with Crippen LogP contribution >= 0.6 is 0 Å². The second kappa shape index (κ2) is 8.21. The number of sulfonamides is 1. The van der Waals surface area contributed by atoms with Crippen molar-refractivity contribution in [2.45, 2.75) is 24.6 Å².